The quantitative estimate of drug-likeness (QED) is 0.0987. The van der Waals surface area contributed by atoms with E-state index in [0.717, 1.165) is 91.7 Å². The van der Waals surface area contributed by atoms with E-state index in [1.807, 2.05) is 31.8 Å². The van der Waals surface area contributed by atoms with Crippen molar-refractivity contribution in [2.45, 2.75) is 89.3 Å². The zero-order valence-electron chi connectivity index (χ0n) is 33.7. The van der Waals surface area contributed by atoms with Crippen molar-refractivity contribution in [3.63, 3.8) is 0 Å². The van der Waals surface area contributed by atoms with E-state index in [2.05, 4.69) is 77.4 Å². The van der Waals surface area contributed by atoms with Crippen LogP contribution in [0.15, 0.2) is 85.3 Å². The summed E-state index contributed by atoms with van der Waals surface area (Å²) in [6, 6.07) is 24.6. The second-order valence-electron chi connectivity index (χ2n) is 15.8. The van der Waals surface area contributed by atoms with E-state index in [4.69, 9.17) is 28.9 Å². The third kappa shape index (κ3) is 8.36. The molecule has 1 aliphatic heterocycles. The number of methoxy groups -OCH3 is 4. The summed E-state index contributed by atoms with van der Waals surface area (Å²) in [5.41, 5.74) is 12.2. The third-order valence-corrected chi connectivity index (χ3v) is 11.9. The zero-order valence-corrected chi connectivity index (χ0v) is 33.7. The van der Waals surface area contributed by atoms with Gasteiger partial charge in [-0.15, -0.1) is 0 Å². The van der Waals surface area contributed by atoms with E-state index >= 15 is 0 Å². The van der Waals surface area contributed by atoms with Crippen molar-refractivity contribution in [2.24, 2.45) is 0 Å². The third-order valence-electron chi connectivity index (χ3n) is 11.9. The number of hydrogen-bond donors (Lipinski definition) is 0. The molecule has 292 valence electrons. The van der Waals surface area contributed by atoms with Crippen LogP contribution in [0.4, 0.5) is 5.69 Å². The number of rotatable bonds is 16. The predicted molar refractivity (Wildman–Crippen MR) is 224 cm³/mol. The topological polar surface area (TPSA) is 69.2 Å². The van der Waals surface area contributed by atoms with Crippen molar-refractivity contribution in [1.82, 2.24) is 14.9 Å². The lowest BCUT2D eigenvalue weighted by Gasteiger charge is -2.40. The Morgan fingerprint density at radius 2 is 1.45 bits per heavy atom. The van der Waals surface area contributed by atoms with Crippen molar-refractivity contribution in [2.75, 3.05) is 46.4 Å². The van der Waals surface area contributed by atoms with Crippen LogP contribution < -0.4 is 23.8 Å². The Hall–Kier alpha value is -5.08. The summed E-state index contributed by atoms with van der Waals surface area (Å²) in [7, 11) is 6.95. The highest BCUT2D eigenvalue weighted by atomic mass is 16.5. The van der Waals surface area contributed by atoms with Gasteiger partial charge in [0.2, 0.25) is 0 Å². The first-order valence-corrected chi connectivity index (χ1v) is 20.5. The number of likely N-dealkylation sites (tertiary alicyclic amines) is 1. The largest absolute Gasteiger partial charge is 0.497 e. The van der Waals surface area contributed by atoms with Gasteiger partial charge in [0.15, 0.2) is 11.5 Å². The number of hydrogen-bond acceptors (Lipinski definition) is 8. The van der Waals surface area contributed by atoms with Gasteiger partial charge < -0.3 is 23.8 Å². The summed E-state index contributed by atoms with van der Waals surface area (Å²) in [6.07, 6.45) is 15.2. The van der Waals surface area contributed by atoms with E-state index < -0.39 is 0 Å². The normalized spacial score (nSPS) is 16.1. The number of aromatic nitrogens is 2. The molecule has 5 aromatic rings. The maximum absolute atomic E-state index is 5.99. The molecule has 3 heterocycles. The fourth-order valence-electron chi connectivity index (χ4n) is 8.68. The average Bonchev–Trinajstić information content (AvgIpc) is 4.18. The van der Waals surface area contributed by atoms with Gasteiger partial charge in [0.25, 0.3) is 0 Å². The maximum atomic E-state index is 5.99. The van der Waals surface area contributed by atoms with Crippen molar-refractivity contribution in [3.8, 4) is 45.4 Å². The minimum Gasteiger partial charge on any atom is -0.497 e. The van der Waals surface area contributed by atoms with Crippen molar-refractivity contribution in [1.29, 1.82) is 0 Å². The van der Waals surface area contributed by atoms with Gasteiger partial charge in [-0.05, 0) is 145 Å². The molecule has 3 fully saturated rings. The molecule has 3 aromatic carbocycles. The molecule has 0 amide bonds. The number of nitrogens with zero attached hydrogens (tertiary/aromatic N) is 4. The molecule has 1 saturated heterocycles. The van der Waals surface area contributed by atoms with Crippen LogP contribution in [0.3, 0.4) is 0 Å². The Balaban J connectivity index is 0.990. The molecule has 0 radical (unpaired) electrons. The van der Waals surface area contributed by atoms with E-state index in [9.17, 15) is 0 Å². The van der Waals surface area contributed by atoms with Gasteiger partial charge >= 0.3 is 0 Å². The lowest BCUT2D eigenvalue weighted by molar-refractivity contribution is 0.200. The first kappa shape index (κ1) is 37.8. The van der Waals surface area contributed by atoms with Crippen LogP contribution in [0.5, 0.6) is 23.0 Å². The summed E-state index contributed by atoms with van der Waals surface area (Å²) in [4.78, 5) is 14.7. The Labute approximate surface area is 332 Å². The molecule has 8 heteroatoms. The molecule has 8 rings (SSSR count). The monoisotopic (exact) mass is 752 g/mol. The molecule has 0 spiro atoms. The average molecular weight is 753 g/mol. The first-order valence-electron chi connectivity index (χ1n) is 20.5. The van der Waals surface area contributed by atoms with Gasteiger partial charge in [-0.2, -0.15) is 0 Å². The molecule has 0 N–H and O–H groups in total. The van der Waals surface area contributed by atoms with Gasteiger partial charge in [-0.25, -0.2) is 0 Å². The summed E-state index contributed by atoms with van der Waals surface area (Å²) in [6.45, 7) is 5.89. The van der Waals surface area contributed by atoms with Crippen LogP contribution in [0.2, 0.25) is 0 Å². The Morgan fingerprint density at radius 3 is 2.12 bits per heavy atom. The molecule has 8 nitrogen and oxygen atoms in total. The fraction of sp³-hybridized carbons (Fsp3) is 0.417. The molecular formula is C48H56N4O4. The first-order chi connectivity index (χ1) is 27.5. The standard InChI is InChI=1S/C48H56N4O4/c1-6-7-36-24-38(27-46(55-4)48(36)56-5)44-23-32(16-19-50-44)31-52(40-12-14-42(53-2)15-13-40)41-17-20-51(21-18-41)30-33-22-39(29-49-28-33)37-25-43(34-8-9-34)47(35-10-11-35)45(26-37)54-3/h12-16,19,22-29,34-35,41H,6-11,17-18,20-21,30-31H2,1-5H3. The number of piperidine rings is 1. The van der Waals surface area contributed by atoms with Crippen LogP contribution in [-0.2, 0) is 19.5 Å². The van der Waals surface area contributed by atoms with Gasteiger partial charge in [-0.1, -0.05) is 19.4 Å². The molecule has 0 unspecified atom stereocenters. The number of benzene rings is 3. The smallest absolute Gasteiger partial charge is 0.163 e. The van der Waals surface area contributed by atoms with Gasteiger partial charge in [0.05, 0.1) is 34.1 Å². The number of anilines is 1. The summed E-state index contributed by atoms with van der Waals surface area (Å²) in [5, 5.41) is 0. The molecule has 2 aromatic heterocycles. The van der Waals surface area contributed by atoms with Crippen LogP contribution >= 0.6 is 0 Å². The lowest BCUT2D eigenvalue weighted by atomic mass is 9.93. The van der Waals surface area contributed by atoms with Crippen molar-refractivity contribution < 1.29 is 18.9 Å². The van der Waals surface area contributed by atoms with Crippen LogP contribution in [0, 0.1) is 0 Å². The molecule has 2 aliphatic carbocycles. The maximum Gasteiger partial charge on any atom is 0.163 e. The van der Waals surface area contributed by atoms with E-state index in [1.165, 1.54) is 64.8 Å². The molecule has 3 aliphatic rings. The lowest BCUT2D eigenvalue weighted by Crippen LogP contribution is -2.44. The van der Waals surface area contributed by atoms with Crippen LogP contribution in [0.1, 0.15) is 91.5 Å². The fourth-order valence-corrected chi connectivity index (χ4v) is 8.68. The van der Waals surface area contributed by atoms with Crippen LogP contribution in [0.25, 0.3) is 22.4 Å². The summed E-state index contributed by atoms with van der Waals surface area (Å²) >= 11 is 0. The Kier molecular flexibility index (Phi) is 11.5. The SMILES string of the molecule is CCCc1cc(-c2cc(CN(c3ccc(OC)cc3)C3CCN(Cc4cncc(-c5cc(OC)c(C6CC6)c(C6CC6)c5)c4)CC3)ccn2)cc(OC)c1OC. The molecular weight excluding hydrogens is 697 g/mol. The highest BCUT2D eigenvalue weighted by Gasteiger charge is 2.35. The van der Waals surface area contributed by atoms with E-state index in [-0.39, 0.29) is 0 Å². The van der Waals surface area contributed by atoms with E-state index in [1.54, 1.807) is 21.3 Å². The highest BCUT2D eigenvalue weighted by molar-refractivity contribution is 5.70. The van der Waals surface area contributed by atoms with E-state index in [0.29, 0.717) is 17.9 Å². The second-order valence-corrected chi connectivity index (χ2v) is 15.8. The number of ether oxygens (including phenoxy) is 4. The number of aryl methyl sites for hydroxylation is 1. The molecule has 0 bridgehead atoms. The summed E-state index contributed by atoms with van der Waals surface area (Å²) in [5.74, 6) is 4.82. The Morgan fingerprint density at radius 1 is 0.696 bits per heavy atom. The highest BCUT2D eigenvalue weighted by Crippen LogP contribution is 2.53. The van der Waals surface area contributed by atoms with Gasteiger partial charge in [-0.3, -0.25) is 14.9 Å². The van der Waals surface area contributed by atoms with Gasteiger partial charge in [0, 0.05) is 73.2 Å². The predicted octanol–water partition coefficient (Wildman–Crippen LogP) is 10.2. The van der Waals surface area contributed by atoms with Crippen molar-refractivity contribution >= 4 is 5.69 Å². The minimum absolute atomic E-state index is 0.385. The van der Waals surface area contributed by atoms with Crippen LogP contribution in [-0.4, -0.2) is 62.4 Å². The second kappa shape index (κ2) is 17.0. The number of pyridine rings is 2. The zero-order chi connectivity index (χ0) is 38.6. The van der Waals surface area contributed by atoms with Gasteiger partial charge in [0.1, 0.15) is 11.5 Å². The van der Waals surface area contributed by atoms with Crippen molar-refractivity contribution in [3.05, 3.63) is 113 Å². The molecule has 56 heavy (non-hydrogen) atoms. The Bertz CT molecular complexity index is 2120. The minimum atomic E-state index is 0.385. The summed E-state index contributed by atoms with van der Waals surface area (Å²) < 4.78 is 23.0. The molecule has 0 atom stereocenters. The molecule has 2 saturated carbocycles.